The first kappa shape index (κ1) is 16.5. The molecule has 3 rings (SSSR count). The van der Waals surface area contributed by atoms with E-state index in [-0.39, 0.29) is 6.08 Å². The number of hydrogen-bond acceptors (Lipinski definition) is 7. The van der Waals surface area contributed by atoms with Gasteiger partial charge in [0.15, 0.2) is 5.76 Å². The number of nitrogens with zero attached hydrogens (tertiary/aromatic N) is 2. The van der Waals surface area contributed by atoms with Gasteiger partial charge in [0.05, 0.1) is 14.2 Å². The van der Waals surface area contributed by atoms with Crippen molar-refractivity contribution in [1.29, 1.82) is 0 Å². The van der Waals surface area contributed by atoms with E-state index in [0.29, 0.717) is 22.9 Å². The Labute approximate surface area is 144 Å². The fourth-order valence-corrected chi connectivity index (χ4v) is 2.24. The summed E-state index contributed by atoms with van der Waals surface area (Å²) in [5.41, 5.74) is 1.97. The second-order valence-electron chi connectivity index (χ2n) is 5.07. The minimum Gasteiger partial charge on any atom is -0.497 e. The Kier molecular flexibility index (Phi) is 4.65. The van der Waals surface area contributed by atoms with Gasteiger partial charge in [-0.3, -0.25) is 4.79 Å². The Morgan fingerprint density at radius 2 is 1.72 bits per heavy atom. The molecule has 0 amide bonds. The molecule has 3 aromatic rings. The van der Waals surface area contributed by atoms with Gasteiger partial charge in [0, 0.05) is 30.3 Å². The third-order valence-corrected chi connectivity index (χ3v) is 3.41. The zero-order valence-electron chi connectivity index (χ0n) is 14.0. The molecule has 0 aliphatic carbocycles. The van der Waals surface area contributed by atoms with E-state index < -0.39 is 5.97 Å². The van der Waals surface area contributed by atoms with Gasteiger partial charge in [-0.05, 0) is 30.3 Å². The van der Waals surface area contributed by atoms with Crippen molar-refractivity contribution in [1.82, 2.24) is 9.97 Å². The molecular weight excluding hydrogens is 324 g/mol. The smallest absolute Gasteiger partial charge is 0.402 e. The highest BCUT2D eigenvalue weighted by molar-refractivity contribution is 5.77. The van der Waals surface area contributed by atoms with Gasteiger partial charge in [-0.2, -0.15) is 4.98 Å². The zero-order chi connectivity index (χ0) is 17.8. The van der Waals surface area contributed by atoms with Gasteiger partial charge in [-0.1, -0.05) is 0 Å². The second-order valence-corrected chi connectivity index (χ2v) is 5.07. The van der Waals surface area contributed by atoms with Crippen molar-refractivity contribution in [2.45, 2.75) is 6.92 Å². The Hall–Kier alpha value is -3.35. The van der Waals surface area contributed by atoms with Gasteiger partial charge in [0.2, 0.25) is 5.88 Å². The van der Waals surface area contributed by atoms with Crippen LogP contribution in [-0.2, 0) is 4.79 Å². The number of ether oxygens (including phenoxy) is 3. The molecule has 128 valence electrons. The standard InChI is InChI=1S/C18H16N2O5/c1-11(21)24-18-20-16(13-6-9-15(23-3)19-10-13)17(25-18)12-4-7-14(22-2)8-5-12/h4-10H,1-3H3. The van der Waals surface area contributed by atoms with Crippen molar-refractivity contribution in [3.05, 3.63) is 42.6 Å². The van der Waals surface area contributed by atoms with Crippen LogP contribution >= 0.6 is 0 Å². The zero-order valence-corrected chi connectivity index (χ0v) is 14.0. The van der Waals surface area contributed by atoms with Gasteiger partial charge in [0.25, 0.3) is 0 Å². The molecular formula is C18H16N2O5. The molecule has 25 heavy (non-hydrogen) atoms. The Balaban J connectivity index is 2.07. The number of carbonyl (C=O) groups is 1. The fraction of sp³-hybridized carbons (Fsp3) is 0.167. The maximum atomic E-state index is 11.2. The molecule has 7 nitrogen and oxygen atoms in total. The normalized spacial score (nSPS) is 10.4. The lowest BCUT2D eigenvalue weighted by Gasteiger charge is -2.04. The number of hydrogen-bond donors (Lipinski definition) is 0. The topological polar surface area (TPSA) is 83.7 Å². The Morgan fingerprint density at radius 3 is 2.28 bits per heavy atom. The summed E-state index contributed by atoms with van der Waals surface area (Å²) in [5.74, 6) is 1.15. The van der Waals surface area contributed by atoms with Crippen molar-refractivity contribution in [3.8, 4) is 40.3 Å². The predicted molar refractivity (Wildman–Crippen MR) is 89.6 cm³/mol. The summed E-state index contributed by atoms with van der Waals surface area (Å²) in [4.78, 5) is 19.7. The first-order valence-electron chi connectivity index (χ1n) is 7.45. The monoisotopic (exact) mass is 340 g/mol. The summed E-state index contributed by atoms with van der Waals surface area (Å²) < 4.78 is 20.9. The quantitative estimate of drug-likeness (QED) is 0.659. The van der Waals surface area contributed by atoms with E-state index in [9.17, 15) is 4.79 Å². The van der Waals surface area contributed by atoms with E-state index >= 15 is 0 Å². The van der Waals surface area contributed by atoms with Crippen LogP contribution in [0, 0.1) is 0 Å². The largest absolute Gasteiger partial charge is 0.497 e. The van der Waals surface area contributed by atoms with Crippen LogP contribution < -0.4 is 14.2 Å². The lowest BCUT2D eigenvalue weighted by molar-refractivity contribution is -0.133. The molecule has 7 heteroatoms. The van der Waals surface area contributed by atoms with Crippen molar-refractivity contribution >= 4 is 5.97 Å². The first-order valence-corrected chi connectivity index (χ1v) is 7.45. The number of aromatic nitrogens is 2. The SMILES string of the molecule is COc1ccc(-c2oc(OC(C)=O)nc2-c2ccc(OC)nc2)cc1. The molecule has 1 aromatic carbocycles. The van der Waals surface area contributed by atoms with Gasteiger partial charge >= 0.3 is 12.0 Å². The fourth-order valence-electron chi connectivity index (χ4n) is 2.24. The van der Waals surface area contributed by atoms with E-state index in [1.54, 1.807) is 44.7 Å². The van der Waals surface area contributed by atoms with Crippen LogP contribution in [0.1, 0.15) is 6.92 Å². The first-order chi connectivity index (χ1) is 12.1. The summed E-state index contributed by atoms with van der Waals surface area (Å²) >= 11 is 0. The number of methoxy groups -OCH3 is 2. The number of pyridine rings is 1. The minimum absolute atomic E-state index is 0.121. The molecule has 0 bridgehead atoms. The van der Waals surface area contributed by atoms with Gasteiger partial charge in [-0.15, -0.1) is 0 Å². The average molecular weight is 340 g/mol. The summed E-state index contributed by atoms with van der Waals surface area (Å²) in [7, 11) is 3.14. The van der Waals surface area contributed by atoms with Crippen molar-refractivity contribution in [2.24, 2.45) is 0 Å². The molecule has 0 fully saturated rings. The molecule has 0 N–H and O–H groups in total. The minimum atomic E-state index is -0.512. The molecule has 0 saturated carbocycles. The molecule has 0 spiro atoms. The Bertz CT molecular complexity index is 804. The molecule has 2 heterocycles. The molecule has 0 aliphatic rings. The van der Waals surface area contributed by atoms with Gasteiger partial charge in [-0.25, -0.2) is 4.98 Å². The maximum absolute atomic E-state index is 11.2. The third-order valence-electron chi connectivity index (χ3n) is 3.41. The van der Waals surface area contributed by atoms with Gasteiger partial charge in [0.1, 0.15) is 11.4 Å². The molecule has 0 saturated heterocycles. The summed E-state index contributed by atoms with van der Waals surface area (Å²) in [6.45, 7) is 1.28. The van der Waals surface area contributed by atoms with E-state index in [2.05, 4.69) is 9.97 Å². The lowest BCUT2D eigenvalue weighted by Crippen LogP contribution is -2.01. The molecule has 0 atom stereocenters. The van der Waals surface area contributed by atoms with Crippen molar-refractivity contribution < 1.29 is 23.4 Å². The highest BCUT2D eigenvalue weighted by atomic mass is 16.6. The van der Waals surface area contributed by atoms with E-state index in [1.165, 1.54) is 6.92 Å². The lowest BCUT2D eigenvalue weighted by atomic mass is 10.1. The number of oxazole rings is 1. The van der Waals surface area contributed by atoms with Crippen LogP contribution in [0.25, 0.3) is 22.6 Å². The van der Waals surface area contributed by atoms with Crippen LogP contribution in [0.3, 0.4) is 0 Å². The second kappa shape index (κ2) is 7.04. The highest BCUT2D eigenvalue weighted by Gasteiger charge is 2.19. The van der Waals surface area contributed by atoms with Gasteiger partial charge < -0.3 is 18.6 Å². The van der Waals surface area contributed by atoms with Crippen LogP contribution in [0.4, 0.5) is 0 Å². The third kappa shape index (κ3) is 3.60. The number of rotatable bonds is 5. The summed E-state index contributed by atoms with van der Waals surface area (Å²) in [6.07, 6.45) is 1.49. The highest BCUT2D eigenvalue weighted by Crippen LogP contribution is 2.36. The maximum Gasteiger partial charge on any atom is 0.402 e. The summed E-state index contributed by atoms with van der Waals surface area (Å²) in [6, 6.07) is 10.8. The summed E-state index contributed by atoms with van der Waals surface area (Å²) in [5, 5.41) is 0. The van der Waals surface area contributed by atoms with Crippen molar-refractivity contribution in [2.75, 3.05) is 14.2 Å². The molecule has 0 radical (unpaired) electrons. The van der Waals surface area contributed by atoms with Crippen LogP contribution in [0.5, 0.6) is 17.7 Å². The van der Waals surface area contributed by atoms with Crippen LogP contribution in [-0.4, -0.2) is 30.2 Å². The number of esters is 1. The Morgan fingerprint density at radius 1 is 1.00 bits per heavy atom. The molecule has 0 aliphatic heterocycles. The number of benzene rings is 1. The molecule has 0 unspecified atom stereocenters. The van der Waals surface area contributed by atoms with Crippen LogP contribution in [0.2, 0.25) is 0 Å². The van der Waals surface area contributed by atoms with E-state index in [1.807, 2.05) is 12.1 Å². The van der Waals surface area contributed by atoms with E-state index in [0.717, 1.165) is 11.3 Å². The van der Waals surface area contributed by atoms with E-state index in [4.69, 9.17) is 18.6 Å². The van der Waals surface area contributed by atoms with Crippen LogP contribution in [0.15, 0.2) is 47.0 Å². The average Bonchev–Trinajstić information content (AvgIpc) is 3.05. The van der Waals surface area contributed by atoms with Crippen molar-refractivity contribution in [3.63, 3.8) is 0 Å². The predicted octanol–water partition coefficient (Wildman–Crippen LogP) is 3.35. The molecule has 2 aromatic heterocycles. The number of carbonyl (C=O) groups excluding carboxylic acids is 1.